The van der Waals surface area contributed by atoms with E-state index in [1.807, 2.05) is 19.9 Å². The number of carbonyl (C=O) groups excluding carboxylic acids is 1. The van der Waals surface area contributed by atoms with E-state index in [1.165, 1.54) is 0 Å². The van der Waals surface area contributed by atoms with Crippen LogP contribution in [-0.4, -0.2) is 26.6 Å². The molecule has 0 radical (unpaired) electrons. The van der Waals surface area contributed by atoms with Gasteiger partial charge in [0.1, 0.15) is 0 Å². The Morgan fingerprint density at radius 3 is 2.30 bits per heavy atom. The number of hydrogen-bond donors (Lipinski definition) is 2. The Hall–Kier alpha value is -1.56. The summed E-state index contributed by atoms with van der Waals surface area (Å²) in [7, 11) is -3.43. The molecule has 1 rings (SSSR count). The quantitative estimate of drug-likeness (QED) is 0.770. The molecule has 0 heterocycles. The predicted molar refractivity (Wildman–Crippen MR) is 80.9 cm³/mol. The maximum absolute atomic E-state index is 11.8. The van der Waals surface area contributed by atoms with E-state index in [1.54, 1.807) is 24.3 Å². The van der Waals surface area contributed by atoms with E-state index in [0.717, 1.165) is 12.8 Å². The topological polar surface area (TPSA) is 75.3 Å². The summed E-state index contributed by atoms with van der Waals surface area (Å²) in [5.74, 6) is -0.252. The van der Waals surface area contributed by atoms with Gasteiger partial charge in [0.05, 0.1) is 5.75 Å². The number of nitrogens with one attached hydrogen (secondary N) is 2. The summed E-state index contributed by atoms with van der Waals surface area (Å²) in [6.07, 6.45) is 1.52. The Morgan fingerprint density at radius 2 is 1.75 bits per heavy atom. The molecule has 0 aliphatic rings. The van der Waals surface area contributed by atoms with E-state index in [-0.39, 0.29) is 24.1 Å². The van der Waals surface area contributed by atoms with Crippen LogP contribution in [0.25, 0.3) is 0 Å². The fourth-order valence-electron chi connectivity index (χ4n) is 1.85. The minimum Gasteiger partial charge on any atom is -0.355 e. The summed E-state index contributed by atoms with van der Waals surface area (Å²) in [5, 5.41) is 2.67. The highest BCUT2D eigenvalue weighted by molar-refractivity contribution is 7.92. The van der Waals surface area contributed by atoms with Gasteiger partial charge in [-0.05, 0) is 25.0 Å². The molecule has 0 fully saturated rings. The number of anilines is 1. The van der Waals surface area contributed by atoms with Crippen molar-refractivity contribution < 1.29 is 13.2 Å². The molecule has 0 aliphatic heterocycles. The molecule has 0 unspecified atom stereocenters. The first-order chi connectivity index (χ1) is 9.48. The smallest absolute Gasteiger partial charge is 0.234 e. The normalized spacial score (nSPS) is 11.3. The second-order valence-electron chi connectivity index (χ2n) is 4.59. The maximum Gasteiger partial charge on any atom is 0.234 e. The third kappa shape index (κ3) is 5.61. The molecule has 0 saturated heterocycles. The van der Waals surface area contributed by atoms with Gasteiger partial charge in [0.25, 0.3) is 0 Å². The largest absolute Gasteiger partial charge is 0.355 e. The van der Waals surface area contributed by atoms with Crippen molar-refractivity contribution in [2.24, 2.45) is 5.92 Å². The van der Waals surface area contributed by atoms with E-state index < -0.39 is 10.0 Å². The second-order valence-corrected chi connectivity index (χ2v) is 6.43. The van der Waals surface area contributed by atoms with Crippen LogP contribution in [0.15, 0.2) is 30.3 Å². The van der Waals surface area contributed by atoms with E-state index in [9.17, 15) is 13.2 Å². The van der Waals surface area contributed by atoms with Crippen LogP contribution in [0, 0.1) is 5.92 Å². The van der Waals surface area contributed by atoms with Crippen LogP contribution in [-0.2, 0) is 14.8 Å². The van der Waals surface area contributed by atoms with E-state index in [4.69, 9.17) is 0 Å². The van der Waals surface area contributed by atoms with Crippen molar-refractivity contribution in [1.29, 1.82) is 0 Å². The number of para-hydroxylation sites is 1. The molecule has 112 valence electrons. The molecule has 1 amide bonds. The lowest BCUT2D eigenvalue weighted by Crippen LogP contribution is -2.35. The van der Waals surface area contributed by atoms with Crippen molar-refractivity contribution in [2.75, 3.05) is 17.0 Å². The number of hydrogen-bond acceptors (Lipinski definition) is 3. The molecule has 0 aromatic heterocycles. The van der Waals surface area contributed by atoms with Crippen LogP contribution >= 0.6 is 0 Å². The Kier molecular flexibility index (Phi) is 6.51. The van der Waals surface area contributed by atoms with E-state index in [2.05, 4.69) is 10.0 Å². The summed E-state index contributed by atoms with van der Waals surface area (Å²) in [4.78, 5) is 11.7. The van der Waals surface area contributed by atoms with Crippen LogP contribution in [0.1, 0.15) is 26.7 Å². The fraction of sp³-hybridized carbons (Fsp3) is 0.500. The molecule has 2 N–H and O–H groups in total. The third-order valence-electron chi connectivity index (χ3n) is 3.07. The molecule has 5 nitrogen and oxygen atoms in total. The van der Waals surface area contributed by atoms with Crippen LogP contribution in [0.5, 0.6) is 0 Å². The lowest BCUT2D eigenvalue weighted by molar-refractivity contribution is -0.125. The van der Waals surface area contributed by atoms with E-state index in [0.29, 0.717) is 5.69 Å². The Bertz CT molecular complexity index is 510. The molecular formula is C14H22N2O3S. The van der Waals surface area contributed by atoms with Gasteiger partial charge in [-0.15, -0.1) is 0 Å². The molecule has 0 saturated carbocycles. The molecule has 0 aliphatic carbocycles. The van der Waals surface area contributed by atoms with Crippen molar-refractivity contribution in [3.63, 3.8) is 0 Å². The fourth-order valence-corrected chi connectivity index (χ4v) is 2.82. The van der Waals surface area contributed by atoms with E-state index >= 15 is 0 Å². The van der Waals surface area contributed by atoms with Crippen molar-refractivity contribution in [3.05, 3.63) is 30.3 Å². The molecule has 6 heteroatoms. The first-order valence-electron chi connectivity index (χ1n) is 6.81. The Morgan fingerprint density at radius 1 is 1.15 bits per heavy atom. The number of amides is 1. The molecule has 20 heavy (non-hydrogen) atoms. The zero-order valence-corrected chi connectivity index (χ0v) is 12.7. The van der Waals surface area contributed by atoms with Crippen LogP contribution in [0.2, 0.25) is 0 Å². The van der Waals surface area contributed by atoms with Gasteiger partial charge in [-0.1, -0.05) is 32.0 Å². The molecule has 0 atom stereocenters. The Balaban J connectivity index is 2.43. The summed E-state index contributed by atoms with van der Waals surface area (Å²) >= 11 is 0. The van der Waals surface area contributed by atoms with Gasteiger partial charge in [-0.2, -0.15) is 0 Å². The van der Waals surface area contributed by atoms with Gasteiger partial charge >= 0.3 is 0 Å². The average molecular weight is 298 g/mol. The highest BCUT2D eigenvalue weighted by atomic mass is 32.2. The summed E-state index contributed by atoms with van der Waals surface area (Å²) in [5.41, 5.74) is 0.527. The summed E-state index contributed by atoms with van der Waals surface area (Å²) in [6.45, 7) is 4.01. The molecule has 0 spiro atoms. The number of carbonyl (C=O) groups is 1. The third-order valence-corrected chi connectivity index (χ3v) is 4.36. The highest BCUT2D eigenvalue weighted by Crippen LogP contribution is 2.08. The second kappa shape index (κ2) is 7.89. The van der Waals surface area contributed by atoms with Crippen LogP contribution in [0.4, 0.5) is 5.69 Å². The van der Waals surface area contributed by atoms with Gasteiger partial charge in [-0.3, -0.25) is 9.52 Å². The predicted octanol–water partition coefficient (Wildman–Crippen LogP) is 1.98. The first-order valence-corrected chi connectivity index (χ1v) is 8.47. The lowest BCUT2D eigenvalue weighted by atomic mass is 10.0. The standard InChI is InChI=1S/C14H22N2O3S/c1-3-12(4-2)14(17)15-10-11-20(18,19)16-13-8-6-5-7-9-13/h5-9,12,16H,3-4,10-11H2,1-2H3,(H,15,17). The number of benzene rings is 1. The minimum atomic E-state index is -3.43. The molecule has 1 aromatic carbocycles. The highest BCUT2D eigenvalue weighted by Gasteiger charge is 2.15. The molecule has 1 aromatic rings. The van der Waals surface area contributed by atoms with Gasteiger partial charge in [-0.25, -0.2) is 8.42 Å². The van der Waals surface area contributed by atoms with Gasteiger partial charge in [0.2, 0.25) is 15.9 Å². The number of sulfonamides is 1. The summed E-state index contributed by atoms with van der Waals surface area (Å²) < 4.78 is 26.1. The lowest BCUT2D eigenvalue weighted by Gasteiger charge is -2.13. The minimum absolute atomic E-state index is 0.0419. The van der Waals surface area contributed by atoms with Crippen molar-refractivity contribution >= 4 is 21.6 Å². The SMILES string of the molecule is CCC(CC)C(=O)NCCS(=O)(=O)Nc1ccccc1. The van der Waals surface area contributed by atoms with Gasteiger partial charge in [0, 0.05) is 18.2 Å². The Labute approximate surface area is 120 Å². The molecular weight excluding hydrogens is 276 g/mol. The van der Waals surface area contributed by atoms with Crippen molar-refractivity contribution in [3.8, 4) is 0 Å². The molecule has 0 bridgehead atoms. The number of rotatable bonds is 8. The van der Waals surface area contributed by atoms with Crippen molar-refractivity contribution in [2.45, 2.75) is 26.7 Å². The summed E-state index contributed by atoms with van der Waals surface area (Å²) in [6, 6.07) is 8.69. The van der Waals surface area contributed by atoms with Crippen LogP contribution in [0.3, 0.4) is 0 Å². The zero-order valence-electron chi connectivity index (χ0n) is 11.9. The zero-order chi connectivity index (χ0) is 15.0. The van der Waals surface area contributed by atoms with Gasteiger partial charge < -0.3 is 5.32 Å². The average Bonchev–Trinajstić information content (AvgIpc) is 2.40. The van der Waals surface area contributed by atoms with Crippen LogP contribution < -0.4 is 10.0 Å². The van der Waals surface area contributed by atoms with Crippen molar-refractivity contribution in [1.82, 2.24) is 5.32 Å². The monoisotopic (exact) mass is 298 g/mol. The first kappa shape index (κ1) is 16.5. The van der Waals surface area contributed by atoms with Gasteiger partial charge in [0.15, 0.2) is 0 Å². The maximum atomic E-state index is 11.8.